The van der Waals surface area contributed by atoms with Crippen LogP contribution in [0.5, 0.6) is 5.75 Å². The molecule has 1 amide bonds. The minimum absolute atomic E-state index is 0.0628. The molecule has 0 aliphatic carbocycles. The fourth-order valence-electron chi connectivity index (χ4n) is 1.69. The maximum atomic E-state index is 11.5. The maximum absolute atomic E-state index is 11.5. The lowest BCUT2D eigenvalue weighted by molar-refractivity contribution is -0.143. The Morgan fingerprint density at radius 2 is 2.00 bits per heavy atom. The molecule has 0 fully saturated rings. The molecule has 0 aliphatic rings. The minimum atomic E-state index is -0.317. The highest BCUT2D eigenvalue weighted by atomic mass is 16.5. The molecule has 0 saturated carbocycles. The van der Waals surface area contributed by atoms with Crippen molar-refractivity contribution in [2.75, 3.05) is 19.8 Å². The second-order valence-corrected chi connectivity index (χ2v) is 4.46. The molecule has 0 bridgehead atoms. The Kier molecular flexibility index (Phi) is 6.56. The molecule has 1 rings (SSSR count). The zero-order valence-electron chi connectivity index (χ0n) is 12.2. The molecule has 0 saturated heterocycles. The number of ether oxygens (including phenoxy) is 2. The van der Waals surface area contributed by atoms with Crippen molar-refractivity contribution in [1.29, 1.82) is 0 Å². The average Bonchev–Trinajstić information content (AvgIpc) is 2.38. The van der Waals surface area contributed by atoms with Crippen molar-refractivity contribution in [1.82, 2.24) is 5.32 Å². The number of benzene rings is 1. The predicted octanol–water partition coefficient (Wildman–Crippen LogP) is 1.75. The molecule has 5 nitrogen and oxygen atoms in total. The molecule has 1 N–H and O–H groups in total. The monoisotopic (exact) mass is 279 g/mol. The van der Waals surface area contributed by atoms with Crippen LogP contribution in [0.15, 0.2) is 18.2 Å². The van der Waals surface area contributed by atoms with Gasteiger partial charge in [-0.1, -0.05) is 17.7 Å². The highest BCUT2D eigenvalue weighted by Crippen LogP contribution is 2.18. The SMILES string of the molecule is CCOC(=O)CCNC(=O)COc1ccc(C)cc1C. The summed E-state index contributed by atoms with van der Waals surface area (Å²) in [5, 5.41) is 2.61. The van der Waals surface area contributed by atoms with E-state index in [0.717, 1.165) is 11.1 Å². The summed E-state index contributed by atoms with van der Waals surface area (Å²) in [5.74, 6) is 0.119. The van der Waals surface area contributed by atoms with E-state index >= 15 is 0 Å². The standard InChI is InChI=1S/C15H21NO4/c1-4-19-15(18)7-8-16-14(17)10-20-13-6-5-11(2)9-12(13)3/h5-6,9H,4,7-8,10H2,1-3H3,(H,16,17). The second-order valence-electron chi connectivity index (χ2n) is 4.46. The first kappa shape index (κ1) is 16.0. The Labute approximate surface area is 119 Å². The van der Waals surface area contributed by atoms with Gasteiger partial charge in [0.1, 0.15) is 5.75 Å². The van der Waals surface area contributed by atoms with Gasteiger partial charge in [0.25, 0.3) is 5.91 Å². The number of nitrogens with one attached hydrogen (secondary N) is 1. The Morgan fingerprint density at radius 3 is 2.65 bits per heavy atom. The molecule has 20 heavy (non-hydrogen) atoms. The normalized spacial score (nSPS) is 9.95. The zero-order valence-corrected chi connectivity index (χ0v) is 12.2. The fraction of sp³-hybridized carbons (Fsp3) is 0.467. The number of aryl methyl sites for hydroxylation is 2. The number of hydrogen-bond acceptors (Lipinski definition) is 4. The van der Waals surface area contributed by atoms with E-state index in [4.69, 9.17) is 9.47 Å². The zero-order chi connectivity index (χ0) is 15.0. The van der Waals surface area contributed by atoms with Crippen molar-refractivity contribution < 1.29 is 19.1 Å². The lowest BCUT2D eigenvalue weighted by Gasteiger charge is -2.10. The van der Waals surface area contributed by atoms with E-state index in [-0.39, 0.29) is 31.4 Å². The van der Waals surface area contributed by atoms with Crippen molar-refractivity contribution in [2.45, 2.75) is 27.2 Å². The molecule has 0 aromatic heterocycles. The lowest BCUT2D eigenvalue weighted by Crippen LogP contribution is -2.31. The third kappa shape index (κ3) is 5.73. The van der Waals surface area contributed by atoms with Crippen molar-refractivity contribution in [3.8, 4) is 5.75 Å². The average molecular weight is 279 g/mol. The first-order valence-corrected chi connectivity index (χ1v) is 6.65. The lowest BCUT2D eigenvalue weighted by atomic mass is 10.1. The van der Waals surface area contributed by atoms with Gasteiger partial charge in [-0.05, 0) is 32.4 Å². The Hall–Kier alpha value is -2.04. The van der Waals surface area contributed by atoms with E-state index in [9.17, 15) is 9.59 Å². The van der Waals surface area contributed by atoms with E-state index in [1.165, 1.54) is 0 Å². The molecule has 0 unspecified atom stereocenters. The Balaban J connectivity index is 2.28. The Bertz CT molecular complexity index is 471. The van der Waals surface area contributed by atoms with E-state index < -0.39 is 0 Å². The van der Waals surface area contributed by atoms with Crippen LogP contribution in [0.3, 0.4) is 0 Å². The molecule has 110 valence electrons. The van der Waals surface area contributed by atoms with Gasteiger partial charge >= 0.3 is 5.97 Å². The summed E-state index contributed by atoms with van der Waals surface area (Å²) in [6, 6.07) is 5.77. The molecule has 0 radical (unpaired) electrons. The number of carbonyl (C=O) groups is 2. The van der Waals surface area contributed by atoms with Crippen LogP contribution in [0.25, 0.3) is 0 Å². The molecule has 5 heteroatoms. The van der Waals surface area contributed by atoms with Gasteiger partial charge < -0.3 is 14.8 Å². The van der Waals surface area contributed by atoms with Gasteiger partial charge in [-0.25, -0.2) is 0 Å². The van der Waals surface area contributed by atoms with Gasteiger partial charge in [-0.15, -0.1) is 0 Å². The molecule has 0 atom stereocenters. The summed E-state index contributed by atoms with van der Waals surface area (Å²) in [7, 11) is 0. The van der Waals surface area contributed by atoms with Crippen molar-refractivity contribution in [2.24, 2.45) is 0 Å². The van der Waals surface area contributed by atoms with E-state index in [1.54, 1.807) is 6.92 Å². The second kappa shape index (κ2) is 8.19. The maximum Gasteiger partial charge on any atom is 0.307 e. The predicted molar refractivity (Wildman–Crippen MR) is 75.7 cm³/mol. The van der Waals surface area contributed by atoms with E-state index in [0.29, 0.717) is 12.4 Å². The fourth-order valence-corrected chi connectivity index (χ4v) is 1.69. The molecule has 1 aromatic rings. The first-order chi connectivity index (χ1) is 9.52. The summed E-state index contributed by atoms with van der Waals surface area (Å²) in [6.07, 6.45) is 0.170. The van der Waals surface area contributed by atoms with Crippen LogP contribution in [-0.2, 0) is 14.3 Å². The molecule has 0 heterocycles. The largest absolute Gasteiger partial charge is 0.484 e. The van der Waals surface area contributed by atoms with Crippen LogP contribution >= 0.6 is 0 Å². The van der Waals surface area contributed by atoms with Crippen molar-refractivity contribution in [3.05, 3.63) is 29.3 Å². The number of esters is 1. The smallest absolute Gasteiger partial charge is 0.307 e. The van der Waals surface area contributed by atoms with Gasteiger partial charge in [0.05, 0.1) is 13.0 Å². The molecule has 1 aromatic carbocycles. The quantitative estimate of drug-likeness (QED) is 0.772. The van der Waals surface area contributed by atoms with Crippen LogP contribution in [0, 0.1) is 13.8 Å². The van der Waals surface area contributed by atoms with Crippen molar-refractivity contribution >= 4 is 11.9 Å². The van der Waals surface area contributed by atoms with Crippen LogP contribution in [0.4, 0.5) is 0 Å². The third-order valence-electron chi connectivity index (χ3n) is 2.65. The number of carbonyl (C=O) groups excluding carboxylic acids is 2. The summed E-state index contributed by atoms with van der Waals surface area (Å²) < 4.78 is 10.2. The number of rotatable bonds is 7. The third-order valence-corrected chi connectivity index (χ3v) is 2.65. The summed E-state index contributed by atoms with van der Waals surface area (Å²) in [5.41, 5.74) is 2.14. The number of hydrogen-bond donors (Lipinski definition) is 1. The summed E-state index contributed by atoms with van der Waals surface area (Å²) >= 11 is 0. The van der Waals surface area contributed by atoms with Crippen molar-refractivity contribution in [3.63, 3.8) is 0 Å². The number of amides is 1. The van der Waals surface area contributed by atoms with Gasteiger partial charge in [0.2, 0.25) is 0 Å². The van der Waals surface area contributed by atoms with E-state index in [1.807, 2.05) is 32.0 Å². The topological polar surface area (TPSA) is 64.6 Å². The van der Waals surface area contributed by atoms with Gasteiger partial charge in [0, 0.05) is 6.54 Å². The highest BCUT2D eigenvalue weighted by molar-refractivity contribution is 5.78. The minimum Gasteiger partial charge on any atom is -0.484 e. The first-order valence-electron chi connectivity index (χ1n) is 6.65. The van der Waals surface area contributed by atoms with Crippen LogP contribution < -0.4 is 10.1 Å². The van der Waals surface area contributed by atoms with E-state index in [2.05, 4.69) is 5.32 Å². The molecular formula is C15H21NO4. The highest BCUT2D eigenvalue weighted by Gasteiger charge is 2.06. The summed E-state index contributed by atoms with van der Waals surface area (Å²) in [4.78, 5) is 22.6. The van der Waals surface area contributed by atoms with Crippen LogP contribution in [0.1, 0.15) is 24.5 Å². The molecule has 0 spiro atoms. The van der Waals surface area contributed by atoms with Gasteiger partial charge in [-0.3, -0.25) is 9.59 Å². The Morgan fingerprint density at radius 1 is 1.25 bits per heavy atom. The summed E-state index contributed by atoms with van der Waals surface area (Å²) in [6.45, 7) is 6.22. The molecular weight excluding hydrogens is 258 g/mol. The van der Waals surface area contributed by atoms with Crippen LogP contribution in [-0.4, -0.2) is 31.6 Å². The van der Waals surface area contributed by atoms with Crippen LogP contribution in [0.2, 0.25) is 0 Å². The van der Waals surface area contributed by atoms with Gasteiger partial charge in [-0.2, -0.15) is 0 Å². The molecule has 0 aliphatic heterocycles. The van der Waals surface area contributed by atoms with Gasteiger partial charge in [0.15, 0.2) is 6.61 Å².